The van der Waals surface area contributed by atoms with Crippen LogP contribution in [0, 0.1) is 11.3 Å². The Morgan fingerprint density at radius 3 is 2.42 bits per heavy atom. The molecule has 0 radical (unpaired) electrons. The van der Waals surface area contributed by atoms with Crippen molar-refractivity contribution in [2.75, 3.05) is 13.1 Å². The highest BCUT2D eigenvalue weighted by Gasteiger charge is 2.41. The highest BCUT2D eigenvalue weighted by Crippen LogP contribution is 2.38. The Morgan fingerprint density at radius 2 is 1.89 bits per heavy atom. The second-order valence-corrected chi connectivity index (χ2v) is 5.73. The van der Waals surface area contributed by atoms with Gasteiger partial charge in [0.1, 0.15) is 0 Å². The van der Waals surface area contributed by atoms with Gasteiger partial charge in [-0.15, -0.1) is 0 Å². The normalized spacial score (nSPS) is 26.7. The summed E-state index contributed by atoms with van der Waals surface area (Å²) in [5, 5.41) is 14.9. The van der Waals surface area contributed by atoms with E-state index in [0.29, 0.717) is 25.3 Å². The second kappa shape index (κ2) is 7.36. The molecular formula is C14H26N2O3. The topological polar surface area (TPSA) is 78.4 Å². The van der Waals surface area contributed by atoms with Gasteiger partial charge in [-0.05, 0) is 38.0 Å². The molecule has 0 aromatic heterocycles. The third-order valence-corrected chi connectivity index (χ3v) is 4.09. The van der Waals surface area contributed by atoms with E-state index in [4.69, 9.17) is 0 Å². The first kappa shape index (κ1) is 15.8. The van der Waals surface area contributed by atoms with Gasteiger partial charge in [0.25, 0.3) is 0 Å². The average molecular weight is 270 g/mol. The zero-order valence-corrected chi connectivity index (χ0v) is 12.0. The van der Waals surface area contributed by atoms with E-state index in [0.717, 1.165) is 25.7 Å². The number of carboxylic acid groups (broad SMARTS) is 1. The summed E-state index contributed by atoms with van der Waals surface area (Å²) in [5.41, 5.74) is -0.769. The van der Waals surface area contributed by atoms with E-state index < -0.39 is 11.4 Å². The molecule has 1 rings (SSSR count). The molecule has 1 fully saturated rings. The Hall–Kier alpha value is -1.26. The minimum atomic E-state index is -0.784. The van der Waals surface area contributed by atoms with Crippen LogP contribution in [0.4, 0.5) is 4.79 Å². The van der Waals surface area contributed by atoms with Crippen LogP contribution in [-0.4, -0.2) is 30.2 Å². The van der Waals surface area contributed by atoms with Crippen LogP contribution in [0.2, 0.25) is 0 Å². The molecule has 1 aliphatic rings. The van der Waals surface area contributed by atoms with E-state index in [9.17, 15) is 14.7 Å². The van der Waals surface area contributed by atoms with Crippen molar-refractivity contribution in [1.29, 1.82) is 0 Å². The number of rotatable bonds is 6. The van der Waals surface area contributed by atoms with Crippen LogP contribution < -0.4 is 10.6 Å². The zero-order valence-electron chi connectivity index (χ0n) is 12.0. The number of hydrogen-bond donors (Lipinski definition) is 3. The number of urea groups is 1. The fraction of sp³-hybridized carbons (Fsp3) is 0.857. The van der Waals surface area contributed by atoms with E-state index in [1.165, 1.54) is 0 Å². The van der Waals surface area contributed by atoms with Crippen LogP contribution in [0.3, 0.4) is 0 Å². The van der Waals surface area contributed by atoms with E-state index in [1.54, 1.807) is 0 Å². The molecule has 19 heavy (non-hydrogen) atoms. The van der Waals surface area contributed by atoms with Gasteiger partial charge in [0.05, 0.1) is 5.41 Å². The van der Waals surface area contributed by atoms with E-state index >= 15 is 0 Å². The fourth-order valence-corrected chi connectivity index (χ4v) is 2.47. The quantitative estimate of drug-likeness (QED) is 0.648. The Kier molecular flexibility index (Phi) is 6.12. The summed E-state index contributed by atoms with van der Waals surface area (Å²) in [5.74, 6) is -0.195. The van der Waals surface area contributed by atoms with Gasteiger partial charge >= 0.3 is 12.0 Å². The van der Waals surface area contributed by atoms with Crippen molar-refractivity contribution in [1.82, 2.24) is 10.6 Å². The van der Waals surface area contributed by atoms with Crippen molar-refractivity contribution in [3.63, 3.8) is 0 Å². The maximum atomic E-state index is 11.6. The molecular weight excluding hydrogens is 244 g/mol. The second-order valence-electron chi connectivity index (χ2n) is 5.73. The number of aliphatic carboxylic acids is 1. The van der Waals surface area contributed by atoms with Crippen LogP contribution in [-0.2, 0) is 4.79 Å². The Labute approximate surface area is 115 Å². The van der Waals surface area contributed by atoms with E-state index in [2.05, 4.69) is 24.5 Å². The molecule has 2 amide bonds. The largest absolute Gasteiger partial charge is 0.481 e. The first-order valence-corrected chi connectivity index (χ1v) is 7.25. The molecule has 0 spiro atoms. The molecule has 0 unspecified atom stereocenters. The lowest BCUT2D eigenvalue weighted by Gasteiger charge is -2.35. The summed E-state index contributed by atoms with van der Waals surface area (Å²) < 4.78 is 0. The van der Waals surface area contributed by atoms with Crippen LogP contribution in [0.5, 0.6) is 0 Å². The number of carbonyl (C=O) groups is 2. The number of carbonyl (C=O) groups excluding carboxylic acids is 1. The van der Waals surface area contributed by atoms with Gasteiger partial charge in [0.15, 0.2) is 0 Å². The van der Waals surface area contributed by atoms with Crippen molar-refractivity contribution in [3.05, 3.63) is 0 Å². The molecule has 1 saturated carbocycles. The minimum absolute atomic E-state index is 0.229. The molecule has 5 heteroatoms. The molecule has 5 nitrogen and oxygen atoms in total. The van der Waals surface area contributed by atoms with Crippen LogP contribution in [0.25, 0.3) is 0 Å². The van der Waals surface area contributed by atoms with Crippen molar-refractivity contribution >= 4 is 12.0 Å². The molecule has 0 saturated heterocycles. The van der Waals surface area contributed by atoms with Crippen molar-refractivity contribution < 1.29 is 14.7 Å². The molecule has 110 valence electrons. The lowest BCUT2D eigenvalue weighted by Crippen LogP contribution is -2.47. The maximum Gasteiger partial charge on any atom is 0.314 e. The van der Waals surface area contributed by atoms with E-state index in [-0.39, 0.29) is 12.6 Å². The molecule has 0 heterocycles. The molecule has 3 N–H and O–H groups in total. The molecule has 1 aliphatic carbocycles. The van der Waals surface area contributed by atoms with Crippen molar-refractivity contribution in [2.45, 2.75) is 52.4 Å². The van der Waals surface area contributed by atoms with Gasteiger partial charge in [-0.25, -0.2) is 4.79 Å². The van der Waals surface area contributed by atoms with E-state index in [1.807, 2.05) is 0 Å². The first-order valence-electron chi connectivity index (χ1n) is 7.25. The molecule has 0 aromatic rings. The van der Waals surface area contributed by atoms with Gasteiger partial charge in [-0.3, -0.25) is 4.79 Å². The van der Waals surface area contributed by atoms with Gasteiger partial charge in [-0.1, -0.05) is 20.3 Å². The van der Waals surface area contributed by atoms with Gasteiger partial charge in [0, 0.05) is 13.1 Å². The smallest absolute Gasteiger partial charge is 0.314 e. The standard InChI is InChI=1S/C14H26N2O3/c1-3-4-9-15-13(19)16-10-14(12(17)18)7-5-11(2)6-8-14/h11H,3-10H2,1-2H3,(H,17,18)(H2,15,16,19). The van der Waals surface area contributed by atoms with Gasteiger partial charge in [0.2, 0.25) is 0 Å². The van der Waals surface area contributed by atoms with Gasteiger partial charge in [-0.2, -0.15) is 0 Å². The highest BCUT2D eigenvalue weighted by molar-refractivity contribution is 5.78. The van der Waals surface area contributed by atoms with Crippen LogP contribution in [0.15, 0.2) is 0 Å². The van der Waals surface area contributed by atoms with Crippen LogP contribution in [0.1, 0.15) is 52.4 Å². The number of carboxylic acids is 1. The molecule has 0 atom stereocenters. The Bertz CT molecular complexity index is 310. The van der Waals surface area contributed by atoms with Crippen molar-refractivity contribution in [2.24, 2.45) is 11.3 Å². The predicted octanol–water partition coefficient (Wildman–Crippen LogP) is 2.37. The molecule has 0 aromatic carbocycles. The highest BCUT2D eigenvalue weighted by atomic mass is 16.4. The number of nitrogens with one attached hydrogen (secondary N) is 2. The first-order chi connectivity index (χ1) is 9.00. The Balaban J connectivity index is 2.42. The van der Waals surface area contributed by atoms with Crippen LogP contribution >= 0.6 is 0 Å². The number of hydrogen-bond acceptors (Lipinski definition) is 2. The SMILES string of the molecule is CCCCNC(=O)NCC1(C(=O)O)CCC(C)CC1. The monoisotopic (exact) mass is 270 g/mol. The lowest BCUT2D eigenvalue weighted by molar-refractivity contribution is -0.151. The average Bonchev–Trinajstić information content (AvgIpc) is 2.38. The number of unbranched alkanes of at least 4 members (excludes halogenated alkanes) is 1. The lowest BCUT2D eigenvalue weighted by atomic mass is 9.71. The third kappa shape index (κ3) is 4.73. The maximum absolute atomic E-state index is 11.6. The predicted molar refractivity (Wildman–Crippen MR) is 74.0 cm³/mol. The summed E-state index contributed by atoms with van der Waals surface area (Å²) in [6.07, 6.45) is 5.11. The summed E-state index contributed by atoms with van der Waals surface area (Å²) in [6, 6.07) is -0.257. The van der Waals surface area contributed by atoms with Gasteiger partial charge < -0.3 is 15.7 Å². The summed E-state index contributed by atoms with van der Waals surface area (Å²) in [7, 11) is 0. The zero-order chi connectivity index (χ0) is 14.3. The Morgan fingerprint density at radius 1 is 1.26 bits per heavy atom. The summed E-state index contributed by atoms with van der Waals surface area (Å²) >= 11 is 0. The summed E-state index contributed by atoms with van der Waals surface area (Å²) in [6.45, 7) is 5.07. The number of amides is 2. The minimum Gasteiger partial charge on any atom is -0.481 e. The third-order valence-electron chi connectivity index (χ3n) is 4.09. The van der Waals surface area contributed by atoms with Crippen molar-refractivity contribution in [3.8, 4) is 0 Å². The molecule has 0 aliphatic heterocycles. The summed E-state index contributed by atoms with van der Waals surface area (Å²) in [4.78, 5) is 23.1. The fourth-order valence-electron chi connectivity index (χ4n) is 2.47. The molecule has 0 bridgehead atoms.